The second-order valence-corrected chi connectivity index (χ2v) is 4.37. The Morgan fingerprint density at radius 2 is 2.40 bits per heavy atom. The summed E-state index contributed by atoms with van der Waals surface area (Å²) in [5.41, 5.74) is 6.16. The first-order valence-electron chi connectivity index (χ1n) is 6.24. The molecule has 7 heteroatoms. The molecule has 2 amide bonds. The molecule has 2 rings (SSSR count). The molecule has 1 aromatic heterocycles. The van der Waals surface area contributed by atoms with E-state index in [0.717, 1.165) is 0 Å². The van der Waals surface area contributed by atoms with Crippen LogP contribution in [0.2, 0.25) is 0 Å². The number of carbonyl (C=O) groups excluding carboxylic acids is 2. The Balaban J connectivity index is 1.75. The molecule has 7 nitrogen and oxygen atoms in total. The molecule has 2 heterocycles. The highest BCUT2D eigenvalue weighted by Crippen LogP contribution is 2.13. The van der Waals surface area contributed by atoms with Crippen molar-refractivity contribution in [3.8, 4) is 0 Å². The molecule has 1 aliphatic rings. The zero-order valence-corrected chi connectivity index (χ0v) is 11.0. The molecule has 1 aromatic rings. The van der Waals surface area contributed by atoms with Gasteiger partial charge in [-0.25, -0.2) is 10.9 Å². The summed E-state index contributed by atoms with van der Waals surface area (Å²) >= 11 is 0. The van der Waals surface area contributed by atoms with E-state index in [9.17, 15) is 9.59 Å². The van der Waals surface area contributed by atoms with Crippen LogP contribution in [-0.2, 0) is 9.59 Å². The number of hydrazone groups is 2. The van der Waals surface area contributed by atoms with Gasteiger partial charge in [-0.3, -0.25) is 14.6 Å². The third kappa shape index (κ3) is 3.71. The highest BCUT2D eigenvalue weighted by molar-refractivity contribution is 6.07. The van der Waals surface area contributed by atoms with Crippen LogP contribution in [0.4, 0.5) is 0 Å². The molecule has 0 aromatic carbocycles. The Bertz CT molecular complexity index is 553. The zero-order chi connectivity index (χ0) is 14.4. The molecule has 104 valence electrons. The van der Waals surface area contributed by atoms with Crippen LogP contribution in [0.1, 0.15) is 25.5 Å². The summed E-state index contributed by atoms with van der Waals surface area (Å²) in [6, 6.07) is 5.40. The van der Waals surface area contributed by atoms with Gasteiger partial charge in [0.1, 0.15) is 0 Å². The molecular formula is C13H15N5O2. The number of nitrogens with one attached hydrogen (secondary N) is 2. The maximum absolute atomic E-state index is 11.6. The lowest BCUT2D eigenvalue weighted by Gasteiger charge is -2.06. The predicted molar refractivity (Wildman–Crippen MR) is 73.9 cm³/mol. The first-order chi connectivity index (χ1) is 9.66. The van der Waals surface area contributed by atoms with Gasteiger partial charge in [-0.1, -0.05) is 6.07 Å². The van der Waals surface area contributed by atoms with Crippen molar-refractivity contribution in [2.45, 2.75) is 19.8 Å². The lowest BCUT2D eigenvalue weighted by molar-refractivity contribution is -0.123. The number of nitrogens with zero attached hydrogens (tertiary/aromatic N) is 3. The number of carbonyl (C=O) groups is 2. The Morgan fingerprint density at radius 3 is 3.05 bits per heavy atom. The second-order valence-electron chi connectivity index (χ2n) is 4.37. The molecule has 1 atom stereocenters. The molecule has 1 aliphatic heterocycles. The van der Waals surface area contributed by atoms with Gasteiger partial charge in [0, 0.05) is 18.3 Å². The maximum atomic E-state index is 11.6. The van der Waals surface area contributed by atoms with Crippen LogP contribution in [0, 0.1) is 5.92 Å². The summed E-state index contributed by atoms with van der Waals surface area (Å²) in [5, 5.41) is 7.63. The van der Waals surface area contributed by atoms with Crippen LogP contribution in [0.15, 0.2) is 34.6 Å². The van der Waals surface area contributed by atoms with E-state index < -0.39 is 0 Å². The molecule has 0 aliphatic carbocycles. The van der Waals surface area contributed by atoms with Crippen molar-refractivity contribution in [1.29, 1.82) is 0 Å². The van der Waals surface area contributed by atoms with E-state index >= 15 is 0 Å². The van der Waals surface area contributed by atoms with Gasteiger partial charge >= 0.3 is 0 Å². The SMILES string of the molecule is CC1=NNC(=O)C1CCC(=O)NN=Cc1ccccn1. The number of rotatable bonds is 5. The number of hydrogen-bond acceptors (Lipinski definition) is 5. The molecule has 0 saturated heterocycles. The minimum absolute atomic E-state index is 0.160. The summed E-state index contributed by atoms with van der Waals surface area (Å²) in [6.45, 7) is 1.76. The third-order valence-electron chi connectivity index (χ3n) is 2.90. The van der Waals surface area contributed by atoms with Crippen LogP contribution in [-0.4, -0.2) is 28.7 Å². The number of hydrogen-bond donors (Lipinski definition) is 2. The van der Waals surface area contributed by atoms with Gasteiger partial charge < -0.3 is 0 Å². The molecule has 0 spiro atoms. The highest BCUT2D eigenvalue weighted by atomic mass is 16.2. The largest absolute Gasteiger partial charge is 0.273 e. The lowest BCUT2D eigenvalue weighted by atomic mass is 9.99. The van der Waals surface area contributed by atoms with E-state index in [-0.39, 0.29) is 24.2 Å². The van der Waals surface area contributed by atoms with E-state index in [2.05, 4.69) is 26.0 Å². The molecule has 0 bridgehead atoms. The van der Waals surface area contributed by atoms with Crippen LogP contribution in [0.3, 0.4) is 0 Å². The van der Waals surface area contributed by atoms with E-state index in [1.54, 1.807) is 25.3 Å². The fraction of sp³-hybridized carbons (Fsp3) is 0.308. The second kappa shape index (κ2) is 6.55. The van der Waals surface area contributed by atoms with Gasteiger partial charge in [-0.2, -0.15) is 10.2 Å². The van der Waals surface area contributed by atoms with Gasteiger partial charge in [0.2, 0.25) is 11.8 Å². The van der Waals surface area contributed by atoms with Crippen molar-refractivity contribution < 1.29 is 9.59 Å². The van der Waals surface area contributed by atoms with Crippen LogP contribution in [0.5, 0.6) is 0 Å². The quantitative estimate of drug-likeness (QED) is 0.601. The van der Waals surface area contributed by atoms with Crippen molar-refractivity contribution in [1.82, 2.24) is 15.8 Å². The predicted octanol–water partition coefficient (Wildman–Crippen LogP) is 0.434. The van der Waals surface area contributed by atoms with Crippen LogP contribution in [0.25, 0.3) is 0 Å². The molecular weight excluding hydrogens is 258 g/mol. The Morgan fingerprint density at radius 1 is 1.55 bits per heavy atom. The summed E-state index contributed by atoms with van der Waals surface area (Å²) < 4.78 is 0. The Kier molecular flexibility index (Phi) is 4.54. The van der Waals surface area contributed by atoms with Crippen LogP contribution >= 0.6 is 0 Å². The molecule has 0 saturated carbocycles. The average molecular weight is 273 g/mol. The summed E-state index contributed by atoms with van der Waals surface area (Å²) in [5.74, 6) is -0.725. The average Bonchev–Trinajstić information content (AvgIpc) is 2.77. The van der Waals surface area contributed by atoms with Gasteiger partial charge in [0.15, 0.2) is 0 Å². The maximum Gasteiger partial charge on any atom is 0.248 e. The monoisotopic (exact) mass is 273 g/mol. The fourth-order valence-electron chi connectivity index (χ4n) is 1.78. The van der Waals surface area contributed by atoms with E-state index in [1.807, 2.05) is 6.07 Å². The standard InChI is InChI=1S/C13H15N5O2/c1-9-11(13(20)18-16-9)5-6-12(19)17-15-8-10-4-2-3-7-14-10/h2-4,7-8,11H,5-6H2,1H3,(H,17,19)(H,18,20). The van der Waals surface area contributed by atoms with Crippen molar-refractivity contribution in [2.75, 3.05) is 0 Å². The number of aromatic nitrogens is 1. The molecule has 0 radical (unpaired) electrons. The van der Waals surface area contributed by atoms with E-state index in [0.29, 0.717) is 17.8 Å². The molecule has 1 unspecified atom stereocenters. The summed E-state index contributed by atoms with van der Waals surface area (Å²) in [4.78, 5) is 27.0. The van der Waals surface area contributed by atoms with Crippen molar-refractivity contribution in [3.05, 3.63) is 30.1 Å². The number of amides is 2. The van der Waals surface area contributed by atoms with Crippen molar-refractivity contribution in [3.63, 3.8) is 0 Å². The van der Waals surface area contributed by atoms with Gasteiger partial charge in [-0.15, -0.1) is 0 Å². The molecule has 20 heavy (non-hydrogen) atoms. The first-order valence-corrected chi connectivity index (χ1v) is 6.24. The Hall–Kier alpha value is -2.57. The van der Waals surface area contributed by atoms with Crippen molar-refractivity contribution in [2.24, 2.45) is 16.1 Å². The van der Waals surface area contributed by atoms with E-state index in [1.165, 1.54) is 6.21 Å². The smallest absolute Gasteiger partial charge is 0.248 e. The third-order valence-corrected chi connectivity index (χ3v) is 2.90. The Labute approximate surface area is 116 Å². The first kappa shape index (κ1) is 13.9. The summed E-state index contributed by atoms with van der Waals surface area (Å²) in [6.07, 6.45) is 3.74. The number of pyridine rings is 1. The molecule has 0 fully saturated rings. The zero-order valence-electron chi connectivity index (χ0n) is 11.0. The lowest BCUT2D eigenvalue weighted by Crippen LogP contribution is -2.25. The topological polar surface area (TPSA) is 95.8 Å². The minimum atomic E-state index is -0.319. The van der Waals surface area contributed by atoms with Gasteiger partial charge in [-0.05, 0) is 25.5 Å². The normalized spacial score (nSPS) is 17.9. The molecule has 2 N–H and O–H groups in total. The minimum Gasteiger partial charge on any atom is -0.273 e. The van der Waals surface area contributed by atoms with Gasteiger partial charge in [0.05, 0.1) is 17.8 Å². The highest BCUT2D eigenvalue weighted by Gasteiger charge is 2.26. The summed E-state index contributed by atoms with van der Waals surface area (Å²) in [7, 11) is 0. The van der Waals surface area contributed by atoms with Crippen LogP contribution < -0.4 is 10.9 Å². The fourth-order valence-corrected chi connectivity index (χ4v) is 1.78. The van der Waals surface area contributed by atoms with Gasteiger partial charge in [0.25, 0.3) is 0 Å². The van der Waals surface area contributed by atoms with E-state index in [4.69, 9.17) is 0 Å². The van der Waals surface area contributed by atoms with Crippen molar-refractivity contribution >= 4 is 23.7 Å².